The third-order valence-corrected chi connectivity index (χ3v) is 4.60. The van der Waals surface area contributed by atoms with Crippen LogP contribution in [0, 0.1) is 6.57 Å². The zero-order valence-corrected chi connectivity index (χ0v) is 15.4. The van der Waals surface area contributed by atoms with Gasteiger partial charge in [-0.3, -0.25) is 4.98 Å². The quantitative estimate of drug-likeness (QED) is 0.483. The molecule has 0 unspecified atom stereocenters. The summed E-state index contributed by atoms with van der Waals surface area (Å²) < 4.78 is 5.38. The number of hydrogen-bond donors (Lipinski definition) is 2. The number of pyridine rings is 2. The Morgan fingerprint density at radius 3 is 2.79 bits per heavy atom. The van der Waals surface area contributed by atoms with E-state index >= 15 is 0 Å². The maximum Gasteiger partial charge on any atom is 0.205 e. The van der Waals surface area contributed by atoms with Crippen LogP contribution in [0.3, 0.4) is 0 Å². The molecular weight excluding hydrogens is 350 g/mol. The first-order valence-electron chi connectivity index (χ1n) is 8.91. The number of hydrogen-bond acceptors (Lipinski definition) is 4. The first-order valence-corrected chi connectivity index (χ1v) is 8.91. The molecule has 0 aliphatic rings. The first kappa shape index (κ1) is 17.6. The fraction of sp³-hybridized carbons (Fsp3) is 0.136. The summed E-state index contributed by atoms with van der Waals surface area (Å²) in [5, 5.41) is 4.30. The average molecular weight is 369 g/mol. The van der Waals surface area contributed by atoms with Crippen molar-refractivity contribution >= 4 is 22.5 Å². The standard InChI is InChI=1S/C22H19N5O/c1-23-18-10-19-17(13-26-22(19)27-14-18)9-15-7-8-21(24-11-15)25-12-16-5-3-4-6-20(16)28-2/h3-8,10-11,13-14H,9,12H2,2H3,(H,24,25)(H,26,27). The molecule has 3 heterocycles. The highest BCUT2D eigenvalue weighted by Gasteiger charge is 2.08. The third kappa shape index (κ3) is 3.64. The van der Waals surface area contributed by atoms with Gasteiger partial charge in [-0.25, -0.2) is 9.83 Å². The van der Waals surface area contributed by atoms with E-state index in [1.54, 1.807) is 13.3 Å². The van der Waals surface area contributed by atoms with Crippen molar-refractivity contribution in [2.75, 3.05) is 12.4 Å². The summed E-state index contributed by atoms with van der Waals surface area (Å²) in [6.45, 7) is 7.81. The fourth-order valence-corrected chi connectivity index (χ4v) is 3.14. The minimum atomic E-state index is 0.544. The molecule has 0 aliphatic heterocycles. The number of nitrogens with zero attached hydrogens (tertiary/aromatic N) is 3. The summed E-state index contributed by atoms with van der Waals surface area (Å²) in [4.78, 5) is 15.4. The van der Waals surface area contributed by atoms with E-state index in [9.17, 15) is 0 Å². The van der Waals surface area contributed by atoms with Crippen molar-refractivity contribution in [2.45, 2.75) is 13.0 Å². The minimum Gasteiger partial charge on any atom is -0.496 e. The van der Waals surface area contributed by atoms with E-state index in [2.05, 4.69) is 31.2 Å². The number of nitrogens with one attached hydrogen (secondary N) is 2. The fourth-order valence-electron chi connectivity index (χ4n) is 3.14. The maximum atomic E-state index is 7.16. The molecule has 0 saturated carbocycles. The van der Waals surface area contributed by atoms with Gasteiger partial charge in [-0.05, 0) is 29.3 Å². The van der Waals surface area contributed by atoms with Crippen LogP contribution in [0.15, 0.2) is 61.1 Å². The number of H-pyrrole nitrogens is 1. The molecule has 0 aliphatic carbocycles. The highest BCUT2D eigenvalue weighted by atomic mass is 16.5. The molecule has 3 aromatic heterocycles. The maximum absolute atomic E-state index is 7.16. The molecule has 28 heavy (non-hydrogen) atoms. The summed E-state index contributed by atoms with van der Waals surface area (Å²) in [5.74, 6) is 1.67. The van der Waals surface area contributed by atoms with Gasteiger partial charge in [-0.2, -0.15) is 0 Å². The van der Waals surface area contributed by atoms with Crippen LogP contribution >= 0.6 is 0 Å². The van der Waals surface area contributed by atoms with Crippen LogP contribution in [0.5, 0.6) is 5.75 Å². The van der Waals surface area contributed by atoms with E-state index in [1.807, 2.05) is 48.8 Å². The van der Waals surface area contributed by atoms with Crippen LogP contribution in [-0.2, 0) is 13.0 Å². The smallest absolute Gasteiger partial charge is 0.205 e. The Morgan fingerprint density at radius 1 is 1.11 bits per heavy atom. The van der Waals surface area contributed by atoms with E-state index in [-0.39, 0.29) is 0 Å². The van der Waals surface area contributed by atoms with Gasteiger partial charge in [0.1, 0.15) is 17.2 Å². The topological polar surface area (TPSA) is 67.2 Å². The van der Waals surface area contributed by atoms with Gasteiger partial charge in [0.15, 0.2) is 0 Å². The Labute approximate surface area is 163 Å². The van der Waals surface area contributed by atoms with Crippen molar-refractivity contribution < 1.29 is 4.74 Å². The van der Waals surface area contributed by atoms with E-state index in [4.69, 9.17) is 11.3 Å². The highest BCUT2D eigenvalue weighted by molar-refractivity contribution is 5.83. The van der Waals surface area contributed by atoms with Crippen molar-refractivity contribution in [2.24, 2.45) is 0 Å². The number of rotatable bonds is 6. The highest BCUT2D eigenvalue weighted by Crippen LogP contribution is 2.24. The lowest BCUT2D eigenvalue weighted by atomic mass is 10.1. The van der Waals surface area contributed by atoms with Gasteiger partial charge in [-0.1, -0.05) is 24.3 Å². The molecule has 4 aromatic rings. The predicted octanol–water partition coefficient (Wildman–Crippen LogP) is 4.72. The van der Waals surface area contributed by atoms with E-state index in [1.165, 1.54) is 0 Å². The Kier molecular flexibility index (Phi) is 4.89. The van der Waals surface area contributed by atoms with Crippen LogP contribution in [0.4, 0.5) is 11.5 Å². The van der Waals surface area contributed by atoms with Crippen LogP contribution in [-0.4, -0.2) is 22.1 Å². The molecule has 1 aromatic carbocycles. The van der Waals surface area contributed by atoms with Crippen molar-refractivity contribution in [3.8, 4) is 5.75 Å². The molecule has 0 atom stereocenters. The summed E-state index contributed by atoms with van der Waals surface area (Å²) in [5.41, 5.74) is 4.62. The summed E-state index contributed by atoms with van der Waals surface area (Å²) in [6.07, 6.45) is 6.12. The lowest BCUT2D eigenvalue weighted by Crippen LogP contribution is -2.03. The molecular formula is C22H19N5O. The number of aromatic amines is 1. The molecule has 4 rings (SSSR count). The number of ether oxygens (including phenoxy) is 1. The Balaban J connectivity index is 1.46. The first-order chi connectivity index (χ1) is 13.8. The van der Waals surface area contributed by atoms with Gasteiger partial charge in [-0.15, -0.1) is 0 Å². The van der Waals surface area contributed by atoms with Crippen molar-refractivity contribution in [1.29, 1.82) is 0 Å². The molecule has 2 N–H and O–H groups in total. The lowest BCUT2D eigenvalue weighted by molar-refractivity contribution is 0.410. The van der Waals surface area contributed by atoms with Gasteiger partial charge < -0.3 is 15.0 Å². The number of benzene rings is 1. The van der Waals surface area contributed by atoms with Crippen molar-refractivity contribution in [1.82, 2.24) is 15.0 Å². The zero-order chi connectivity index (χ0) is 19.3. The molecule has 6 nitrogen and oxygen atoms in total. The van der Waals surface area contributed by atoms with Gasteiger partial charge in [0, 0.05) is 42.5 Å². The second kappa shape index (κ2) is 7.80. The van der Waals surface area contributed by atoms with Gasteiger partial charge in [0.05, 0.1) is 13.7 Å². The second-order valence-electron chi connectivity index (χ2n) is 6.41. The van der Waals surface area contributed by atoms with E-state index < -0.39 is 0 Å². The largest absolute Gasteiger partial charge is 0.496 e. The number of fused-ring (bicyclic) bond motifs is 1. The monoisotopic (exact) mass is 369 g/mol. The third-order valence-electron chi connectivity index (χ3n) is 4.60. The van der Waals surface area contributed by atoms with Gasteiger partial charge >= 0.3 is 0 Å². The Hall–Kier alpha value is -3.85. The van der Waals surface area contributed by atoms with Crippen LogP contribution in [0.2, 0.25) is 0 Å². The zero-order valence-electron chi connectivity index (χ0n) is 15.4. The molecule has 0 bridgehead atoms. The molecule has 0 fully saturated rings. The normalized spacial score (nSPS) is 10.6. The second-order valence-corrected chi connectivity index (χ2v) is 6.41. The molecule has 0 radical (unpaired) electrons. The number of methoxy groups -OCH3 is 1. The summed E-state index contributed by atoms with van der Waals surface area (Å²) >= 11 is 0. The Bertz CT molecular complexity index is 1140. The van der Waals surface area contributed by atoms with E-state index in [0.29, 0.717) is 12.2 Å². The number of aromatic nitrogens is 3. The Morgan fingerprint density at radius 2 is 2.00 bits per heavy atom. The number of para-hydroxylation sites is 1. The molecule has 0 spiro atoms. The van der Waals surface area contributed by atoms with Gasteiger partial charge in [0.2, 0.25) is 5.69 Å². The van der Waals surface area contributed by atoms with Crippen molar-refractivity contribution in [3.05, 3.63) is 89.2 Å². The average Bonchev–Trinajstić information content (AvgIpc) is 3.15. The van der Waals surface area contributed by atoms with Crippen LogP contribution < -0.4 is 10.1 Å². The summed E-state index contributed by atoms with van der Waals surface area (Å²) in [7, 11) is 1.67. The molecule has 138 valence electrons. The van der Waals surface area contributed by atoms with Crippen LogP contribution in [0.25, 0.3) is 15.9 Å². The van der Waals surface area contributed by atoms with Crippen LogP contribution in [0.1, 0.15) is 16.7 Å². The summed E-state index contributed by atoms with van der Waals surface area (Å²) in [6, 6.07) is 13.8. The van der Waals surface area contributed by atoms with E-state index in [0.717, 1.165) is 45.7 Å². The minimum absolute atomic E-state index is 0.544. The SMILES string of the molecule is [C-]#[N+]c1cnc2[nH]cc(Cc3ccc(NCc4ccccc4OC)nc3)c2c1. The number of anilines is 1. The lowest BCUT2D eigenvalue weighted by Gasteiger charge is -2.10. The molecule has 6 heteroatoms. The molecule has 0 saturated heterocycles. The van der Waals surface area contributed by atoms with Gasteiger partial charge in [0.25, 0.3) is 0 Å². The predicted molar refractivity (Wildman–Crippen MR) is 110 cm³/mol. The molecule has 0 amide bonds. The van der Waals surface area contributed by atoms with Crippen molar-refractivity contribution in [3.63, 3.8) is 0 Å².